The van der Waals surface area contributed by atoms with E-state index in [1.807, 2.05) is 50.3 Å². The van der Waals surface area contributed by atoms with Crippen molar-refractivity contribution >= 4 is 23.2 Å². The predicted molar refractivity (Wildman–Crippen MR) is 107 cm³/mol. The maximum Gasteiger partial charge on any atom is 0.416 e. The standard InChI is InChI=1S/C23H19F3N2O/c1-14-10-15(2)27-20(14)12-19-18-8-3-4-9-21(18)28(22(19)29)13-16-6-5-7-17(11-16)23(24,25)26/h3-12,27H,13H2,1-2H3/b19-12-. The van der Waals surface area contributed by atoms with Gasteiger partial charge in [-0.1, -0.05) is 30.3 Å². The molecule has 4 rings (SSSR count). The van der Waals surface area contributed by atoms with Crippen molar-refractivity contribution in [2.45, 2.75) is 26.6 Å². The maximum absolute atomic E-state index is 13.2. The van der Waals surface area contributed by atoms with Gasteiger partial charge in [0.15, 0.2) is 0 Å². The number of benzene rings is 2. The Hall–Kier alpha value is -3.28. The molecular formula is C23H19F3N2O. The largest absolute Gasteiger partial charge is 0.416 e. The molecule has 3 nitrogen and oxygen atoms in total. The molecule has 2 heterocycles. The van der Waals surface area contributed by atoms with Crippen LogP contribution in [0.15, 0.2) is 54.6 Å². The number of nitrogens with zero attached hydrogens (tertiary/aromatic N) is 1. The molecule has 1 N–H and O–H groups in total. The van der Waals surface area contributed by atoms with E-state index < -0.39 is 11.7 Å². The molecule has 0 radical (unpaired) electrons. The van der Waals surface area contributed by atoms with E-state index in [-0.39, 0.29) is 12.5 Å². The number of hydrogen-bond acceptors (Lipinski definition) is 1. The average molecular weight is 396 g/mol. The van der Waals surface area contributed by atoms with Gasteiger partial charge in [-0.15, -0.1) is 0 Å². The molecule has 0 atom stereocenters. The summed E-state index contributed by atoms with van der Waals surface area (Å²) in [5.74, 6) is -0.227. The van der Waals surface area contributed by atoms with Gasteiger partial charge in [0.2, 0.25) is 0 Å². The fourth-order valence-corrected chi connectivity index (χ4v) is 3.68. The first-order valence-corrected chi connectivity index (χ1v) is 9.19. The number of H-pyrrole nitrogens is 1. The Morgan fingerprint density at radius 2 is 1.79 bits per heavy atom. The highest BCUT2D eigenvalue weighted by atomic mass is 19.4. The molecule has 2 aromatic carbocycles. The van der Waals surface area contributed by atoms with E-state index in [2.05, 4.69) is 4.98 Å². The number of amides is 1. The molecule has 0 unspecified atom stereocenters. The lowest BCUT2D eigenvalue weighted by Crippen LogP contribution is -2.25. The van der Waals surface area contributed by atoms with Gasteiger partial charge in [-0.3, -0.25) is 4.79 Å². The minimum atomic E-state index is -4.42. The highest BCUT2D eigenvalue weighted by Gasteiger charge is 2.34. The zero-order chi connectivity index (χ0) is 20.8. The number of alkyl halides is 3. The molecule has 6 heteroatoms. The number of fused-ring (bicyclic) bond motifs is 1. The summed E-state index contributed by atoms with van der Waals surface area (Å²) >= 11 is 0. The number of aryl methyl sites for hydroxylation is 2. The Bertz CT molecular complexity index is 1130. The number of para-hydroxylation sites is 1. The molecule has 0 fully saturated rings. The third kappa shape index (κ3) is 3.58. The highest BCUT2D eigenvalue weighted by Crippen LogP contribution is 2.39. The van der Waals surface area contributed by atoms with E-state index in [1.54, 1.807) is 6.07 Å². The summed E-state index contributed by atoms with van der Waals surface area (Å²) in [6.45, 7) is 3.97. The van der Waals surface area contributed by atoms with E-state index in [0.717, 1.165) is 34.6 Å². The second-order valence-electron chi connectivity index (χ2n) is 7.21. The minimum absolute atomic E-state index is 0.0693. The predicted octanol–water partition coefficient (Wildman–Crippen LogP) is 5.74. The van der Waals surface area contributed by atoms with Crippen LogP contribution >= 0.6 is 0 Å². The Kier molecular flexibility index (Phi) is 4.57. The van der Waals surface area contributed by atoms with Crippen molar-refractivity contribution in [3.8, 4) is 0 Å². The topological polar surface area (TPSA) is 36.1 Å². The van der Waals surface area contributed by atoms with Crippen LogP contribution in [0.3, 0.4) is 0 Å². The molecule has 1 aromatic heterocycles. The quantitative estimate of drug-likeness (QED) is 0.563. The molecule has 1 aliphatic rings. The van der Waals surface area contributed by atoms with Crippen LogP contribution in [0.25, 0.3) is 11.6 Å². The lowest BCUT2D eigenvalue weighted by Gasteiger charge is -2.18. The summed E-state index contributed by atoms with van der Waals surface area (Å²) in [6.07, 6.45) is -2.60. The van der Waals surface area contributed by atoms with E-state index in [0.29, 0.717) is 16.8 Å². The SMILES string of the molecule is Cc1cc(C)c(/C=C2\C(=O)N(Cc3cccc(C(F)(F)F)c3)c3ccccc32)[nH]1. The zero-order valence-corrected chi connectivity index (χ0v) is 16.0. The van der Waals surface area contributed by atoms with Gasteiger partial charge in [0.1, 0.15) is 0 Å². The van der Waals surface area contributed by atoms with Crippen molar-refractivity contribution in [1.82, 2.24) is 4.98 Å². The number of nitrogens with one attached hydrogen (secondary N) is 1. The lowest BCUT2D eigenvalue weighted by atomic mass is 10.1. The van der Waals surface area contributed by atoms with Crippen LogP contribution in [0.1, 0.15) is 33.6 Å². The van der Waals surface area contributed by atoms with Gasteiger partial charge in [-0.25, -0.2) is 0 Å². The molecule has 1 aliphatic heterocycles. The Morgan fingerprint density at radius 1 is 1.03 bits per heavy atom. The molecule has 0 aliphatic carbocycles. The summed E-state index contributed by atoms with van der Waals surface area (Å²) in [5.41, 5.74) is 4.57. The van der Waals surface area contributed by atoms with Crippen LogP contribution in [-0.2, 0) is 17.5 Å². The first-order valence-electron chi connectivity index (χ1n) is 9.19. The summed E-state index contributed by atoms with van der Waals surface area (Å²) in [6, 6.07) is 14.4. The summed E-state index contributed by atoms with van der Waals surface area (Å²) in [5, 5.41) is 0. The fraction of sp³-hybridized carbons (Fsp3) is 0.174. The number of rotatable bonds is 3. The number of aromatic nitrogens is 1. The smallest absolute Gasteiger partial charge is 0.359 e. The van der Waals surface area contributed by atoms with Crippen molar-refractivity contribution < 1.29 is 18.0 Å². The summed E-state index contributed by atoms with van der Waals surface area (Å²) in [7, 11) is 0. The van der Waals surface area contributed by atoms with Crippen LogP contribution in [0.4, 0.5) is 18.9 Å². The van der Waals surface area contributed by atoms with Crippen molar-refractivity contribution in [2.75, 3.05) is 4.90 Å². The van der Waals surface area contributed by atoms with Gasteiger partial charge in [0.05, 0.1) is 23.4 Å². The average Bonchev–Trinajstić information content (AvgIpc) is 3.12. The third-order valence-electron chi connectivity index (χ3n) is 5.03. The molecule has 3 aromatic rings. The minimum Gasteiger partial charge on any atom is -0.359 e. The Balaban J connectivity index is 1.73. The van der Waals surface area contributed by atoms with E-state index in [1.165, 1.54) is 11.0 Å². The molecule has 0 saturated carbocycles. The van der Waals surface area contributed by atoms with Gasteiger partial charge >= 0.3 is 6.18 Å². The van der Waals surface area contributed by atoms with Crippen molar-refractivity contribution in [1.29, 1.82) is 0 Å². The number of aromatic amines is 1. The van der Waals surface area contributed by atoms with Crippen LogP contribution < -0.4 is 4.90 Å². The Labute approximate surface area is 166 Å². The summed E-state index contributed by atoms with van der Waals surface area (Å²) in [4.78, 5) is 18.0. The lowest BCUT2D eigenvalue weighted by molar-refractivity contribution is -0.137. The van der Waals surface area contributed by atoms with Gasteiger partial charge in [-0.2, -0.15) is 13.2 Å². The number of carbonyl (C=O) groups is 1. The fourth-order valence-electron chi connectivity index (χ4n) is 3.68. The van der Waals surface area contributed by atoms with Crippen molar-refractivity contribution in [2.24, 2.45) is 0 Å². The van der Waals surface area contributed by atoms with Gasteiger partial charge in [0, 0.05) is 17.0 Å². The second-order valence-corrected chi connectivity index (χ2v) is 7.21. The molecule has 1 amide bonds. The monoisotopic (exact) mass is 396 g/mol. The van der Waals surface area contributed by atoms with Crippen LogP contribution in [0.2, 0.25) is 0 Å². The highest BCUT2D eigenvalue weighted by molar-refractivity contribution is 6.35. The summed E-state index contributed by atoms with van der Waals surface area (Å²) < 4.78 is 39.1. The van der Waals surface area contributed by atoms with Crippen LogP contribution in [0.5, 0.6) is 0 Å². The van der Waals surface area contributed by atoms with Crippen molar-refractivity contribution in [3.63, 3.8) is 0 Å². The first-order chi connectivity index (χ1) is 13.7. The van der Waals surface area contributed by atoms with Gasteiger partial charge in [0.25, 0.3) is 5.91 Å². The molecule has 148 valence electrons. The molecule has 29 heavy (non-hydrogen) atoms. The first kappa shape index (κ1) is 19.1. The van der Waals surface area contributed by atoms with E-state index in [4.69, 9.17) is 0 Å². The third-order valence-corrected chi connectivity index (χ3v) is 5.03. The van der Waals surface area contributed by atoms with E-state index in [9.17, 15) is 18.0 Å². The molecular weight excluding hydrogens is 377 g/mol. The normalized spacial score (nSPS) is 15.3. The maximum atomic E-state index is 13.2. The number of anilines is 1. The number of carbonyl (C=O) groups excluding carboxylic acids is 1. The van der Waals surface area contributed by atoms with Gasteiger partial charge < -0.3 is 9.88 Å². The molecule has 0 saturated heterocycles. The molecule has 0 spiro atoms. The number of halogens is 3. The molecule has 0 bridgehead atoms. The number of hydrogen-bond donors (Lipinski definition) is 1. The zero-order valence-electron chi connectivity index (χ0n) is 16.0. The van der Waals surface area contributed by atoms with Crippen LogP contribution in [0, 0.1) is 13.8 Å². The Morgan fingerprint density at radius 3 is 2.48 bits per heavy atom. The van der Waals surface area contributed by atoms with E-state index >= 15 is 0 Å². The second kappa shape index (κ2) is 6.95. The van der Waals surface area contributed by atoms with Gasteiger partial charge in [-0.05, 0) is 55.3 Å². The van der Waals surface area contributed by atoms with Crippen LogP contribution in [-0.4, -0.2) is 10.9 Å². The van der Waals surface area contributed by atoms with Crippen molar-refractivity contribution in [3.05, 3.63) is 88.2 Å².